The van der Waals surface area contributed by atoms with Gasteiger partial charge in [-0.1, -0.05) is 19.3 Å². The summed E-state index contributed by atoms with van der Waals surface area (Å²) in [7, 11) is 0. The van der Waals surface area contributed by atoms with E-state index in [1.165, 1.54) is 4.90 Å². The molecule has 16 heavy (non-hydrogen) atoms. The van der Waals surface area contributed by atoms with E-state index in [0.29, 0.717) is 32.5 Å². The van der Waals surface area contributed by atoms with Gasteiger partial charge < -0.3 is 14.7 Å². The molecule has 2 rings (SSSR count). The van der Waals surface area contributed by atoms with Gasteiger partial charge in [0.15, 0.2) is 0 Å². The van der Waals surface area contributed by atoms with E-state index in [9.17, 15) is 14.7 Å². The van der Waals surface area contributed by atoms with Crippen molar-refractivity contribution < 1.29 is 19.4 Å². The summed E-state index contributed by atoms with van der Waals surface area (Å²) in [5.74, 6) is -0.771. The van der Waals surface area contributed by atoms with E-state index < -0.39 is 11.4 Å². The Bertz CT molecular complexity index is 296. The number of hydrogen-bond donors (Lipinski definition) is 1. The van der Waals surface area contributed by atoms with Gasteiger partial charge in [0.1, 0.15) is 6.61 Å². The van der Waals surface area contributed by atoms with Gasteiger partial charge in [-0.15, -0.1) is 0 Å². The number of carbonyl (C=O) groups excluding carboxylic acids is 1. The lowest BCUT2D eigenvalue weighted by molar-refractivity contribution is -0.151. The Kier molecular flexibility index (Phi) is 3.03. The molecule has 0 unspecified atom stereocenters. The summed E-state index contributed by atoms with van der Waals surface area (Å²) in [4.78, 5) is 24.2. The van der Waals surface area contributed by atoms with Crippen molar-refractivity contribution in [3.8, 4) is 0 Å². The average Bonchev–Trinajstić information content (AvgIpc) is 2.65. The molecular formula is C11H17NO4. The first-order valence-corrected chi connectivity index (χ1v) is 5.79. The lowest BCUT2D eigenvalue weighted by atomic mass is 9.73. The number of ether oxygens (including phenoxy) is 1. The number of carboxylic acid groups (broad SMARTS) is 1. The monoisotopic (exact) mass is 227 g/mol. The van der Waals surface area contributed by atoms with Gasteiger partial charge in [-0.25, -0.2) is 4.79 Å². The Morgan fingerprint density at radius 2 is 2.06 bits per heavy atom. The van der Waals surface area contributed by atoms with Gasteiger partial charge in [-0.3, -0.25) is 4.79 Å². The van der Waals surface area contributed by atoms with Crippen molar-refractivity contribution in [2.24, 2.45) is 5.41 Å². The second kappa shape index (κ2) is 4.31. The molecule has 0 bridgehead atoms. The van der Waals surface area contributed by atoms with E-state index in [1.54, 1.807) is 0 Å². The fraction of sp³-hybridized carbons (Fsp3) is 0.818. The Balaban J connectivity index is 2.07. The third-order valence-electron chi connectivity index (χ3n) is 3.60. The fourth-order valence-corrected chi connectivity index (χ4v) is 2.60. The highest BCUT2D eigenvalue weighted by Gasteiger charge is 2.43. The molecule has 2 fully saturated rings. The normalized spacial score (nSPS) is 24.2. The smallest absolute Gasteiger partial charge is 0.409 e. The van der Waals surface area contributed by atoms with Gasteiger partial charge >= 0.3 is 12.1 Å². The van der Waals surface area contributed by atoms with Gasteiger partial charge in [0.05, 0.1) is 12.0 Å². The summed E-state index contributed by atoms with van der Waals surface area (Å²) >= 11 is 0. The molecular weight excluding hydrogens is 210 g/mol. The minimum Gasteiger partial charge on any atom is -0.481 e. The highest BCUT2D eigenvalue weighted by molar-refractivity contribution is 5.77. The molecule has 1 aliphatic heterocycles. The van der Waals surface area contributed by atoms with E-state index in [0.717, 1.165) is 19.3 Å². The first kappa shape index (κ1) is 11.2. The largest absolute Gasteiger partial charge is 0.481 e. The molecule has 0 atom stereocenters. The van der Waals surface area contributed by atoms with Crippen LogP contribution >= 0.6 is 0 Å². The Morgan fingerprint density at radius 3 is 2.56 bits per heavy atom. The number of carbonyl (C=O) groups is 2. The molecule has 1 saturated heterocycles. The van der Waals surface area contributed by atoms with Gasteiger partial charge in [0.2, 0.25) is 0 Å². The van der Waals surface area contributed by atoms with Crippen LogP contribution < -0.4 is 0 Å². The van der Waals surface area contributed by atoms with Crippen LogP contribution in [0.2, 0.25) is 0 Å². The van der Waals surface area contributed by atoms with Crippen molar-refractivity contribution >= 4 is 12.1 Å². The van der Waals surface area contributed by atoms with Crippen molar-refractivity contribution in [3.63, 3.8) is 0 Å². The highest BCUT2D eigenvalue weighted by Crippen LogP contribution is 2.37. The highest BCUT2D eigenvalue weighted by atomic mass is 16.6. The third kappa shape index (κ3) is 1.99. The zero-order valence-corrected chi connectivity index (χ0v) is 9.28. The van der Waals surface area contributed by atoms with Crippen molar-refractivity contribution in [1.82, 2.24) is 4.90 Å². The van der Waals surface area contributed by atoms with Crippen LogP contribution in [0.1, 0.15) is 32.1 Å². The van der Waals surface area contributed by atoms with E-state index in [1.807, 2.05) is 0 Å². The molecule has 1 amide bonds. The molecule has 0 spiro atoms. The van der Waals surface area contributed by atoms with Crippen molar-refractivity contribution in [1.29, 1.82) is 0 Å². The summed E-state index contributed by atoms with van der Waals surface area (Å²) in [5, 5.41) is 9.36. The quantitative estimate of drug-likeness (QED) is 0.792. The van der Waals surface area contributed by atoms with Crippen LogP contribution in [0.25, 0.3) is 0 Å². The van der Waals surface area contributed by atoms with Crippen molar-refractivity contribution in [3.05, 3.63) is 0 Å². The predicted octanol–water partition coefficient (Wildman–Crippen LogP) is 1.47. The first-order valence-electron chi connectivity index (χ1n) is 5.79. The topological polar surface area (TPSA) is 66.8 Å². The van der Waals surface area contributed by atoms with Crippen LogP contribution in [0.3, 0.4) is 0 Å². The molecule has 0 aromatic rings. The summed E-state index contributed by atoms with van der Waals surface area (Å²) in [5.41, 5.74) is -0.735. The van der Waals surface area contributed by atoms with Crippen LogP contribution in [0.5, 0.6) is 0 Å². The number of carboxylic acids is 1. The first-order chi connectivity index (χ1) is 7.64. The van der Waals surface area contributed by atoms with Crippen molar-refractivity contribution in [2.75, 3.05) is 19.7 Å². The van der Waals surface area contributed by atoms with Crippen LogP contribution in [0.15, 0.2) is 0 Å². The number of amides is 1. The molecule has 5 heteroatoms. The summed E-state index contributed by atoms with van der Waals surface area (Å²) < 4.78 is 4.83. The minimum atomic E-state index is -0.771. The zero-order chi connectivity index (χ0) is 11.6. The molecule has 0 aromatic carbocycles. The molecule has 1 heterocycles. The molecule has 1 N–H and O–H groups in total. The van der Waals surface area contributed by atoms with Crippen LogP contribution in [-0.2, 0) is 9.53 Å². The lowest BCUT2D eigenvalue weighted by Crippen LogP contribution is -2.44. The summed E-state index contributed by atoms with van der Waals surface area (Å²) in [6.45, 7) is 1.21. The maximum atomic E-state index is 11.4. The van der Waals surface area contributed by atoms with Crippen LogP contribution in [0.4, 0.5) is 4.79 Å². The number of nitrogens with zero attached hydrogens (tertiary/aromatic N) is 1. The number of rotatable bonds is 3. The van der Waals surface area contributed by atoms with Gasteiger partial charge in [0.25, 0.3) is 0 Å². The standard InChI is InChI=1S/C11H17NO4/c13-9(14)11(4-2-1-3-5-11)8-12-6-7-16-10(12)15/h1-8H2,(H,13,14). The van der Waals surface area contributed by atoms with Crippen molar-refractivity contribution in [2.45, 2.75) is 32.1 Å². The lowest BCUT2D eigenvalue weighted by Gasteiger charge is -2.35. The van der Waals surface area contributed by atoms with Gasteiger partial charge in [-0.2, -0.15) is 0 Å². The number of cyclic esters (lactones) is 1. The fourth-order valence-electron chi connectivity index (χ4n) is 2.60. The maximum Gasteiger partial charge on any atom is 0.409 e. The zero-order valence-electron chi connectivity index (χ0n) is 9.28. The molecule has 1 saturated carbocycles. The van der Waals surface area contributed by atoms with E-state index >= 15 is 0 Å². The predicted molar refractivity (Wildman–Crippen MR) is 56.1 cm³/mol. The summed E-state index contributed by atoms with van der Waals surface area (Å²) in [6, 6.07) is 0. The maximum absolute atomic E-state index is 11.4. The van der Waals surface area contributed by atoms with Gasteiger partial charge in [-0.05, 0) is 12.8 Å². The second-order valence-corrected chi connectivity index (χ2v) is 4.68. The Morgan fingerprint density at radius 1 is 1.38 bits per heavy atom. The molecule has 5 nitrogen and oxygen atoms in total. The Hall–Kier alpha value is -1.26. The summed E-state index contributed by atoms with van der Waals surface area (Å²) in [6.07, 6.45) is 3.95. The molecule has 0 radical (unpaired) electrons. The van der Waals surface area contributed by atoms with Crippen LogP contribution in [-0.4, -0.2) is 41.8 Å². The third-order valence-corrected chi connectivity index (χ3v) is 3.60. The molecule has 1 aliphatic carbocycles. The Labute approximate surface area is 94.4 Å². The SMILES string of the molecule is O=C1OCCN1CC1(C(=O)O)CCCCC1. The van der Waals surface area contributed by atoms with E-state index in [-0.39, 0.29) is 6.09 Å². The minimum absolute atomic E-state index is 0.307. The number of hydrogen-bond acceptors (Lipinski definition) is 3. The second-order valence-electron chi connectivity index (χ2n) is 4.68. The number of aliphatic carboxylic acids is 1. The average molecular weight is 227 g/mol. The van der Waals surface area contributed by atoms with E-state index in [2.05, 4.69) is 0 Å². The molecule has 90 valence electrons. The van der Waals surface area contributed by atoms with Gasteiger partial charge in [0, 0.05) is 6.54 Å². The van der Waals surface area contributed by atoms with Crippen LogP contribution in [0, 0.1) is 5.41 Å². The van der Waals surface area contributed by atoms with E-state index in [4.69, 9.17) is 4.74 Å². The molecule has 0 aromatic heterocycles. The molecule has 2 aliphatic rings.